The third kappa shape index (κ3) is 1.99. The Bertz CT molecular complexity index is 596. The molecule has 92 valence electrons. The number of halogens is 1. The summed E-state index contributed by atoms with van der Waals surface area (Å²) < 4.78 is 13.0. The van der Waals surface area contributed by atoms with Crippen molar-refractivity contribution in [3.63, 3.8) is 0 Å². The fraction of sp³-hybridized carbons (Fsp3) is 0.286. The van der Waals surface area contributed by atoms with E-state index in [2.05, 4.69) is 21.4 Å². The first kappa shape index (κ1) is 11.3. The van der Waals surface area contributed by atoms with Gasteiger partial charge in [0.2, 0.25) is 5.95 Å². The normalized spacial score (nSPS) is 14.3. The maximum atomic E-state index is 13.0. The van der Waals surface area contributed by atoms with Gasteiger partial charge in [-0.2, -0.15) is 4.39 Å². The lowest BCUT2D eigenvalue weighted by molar-refractivity contribution is 0.583. The highest BCUT2D eigenvalue weighted by molar-refractivity contribution is 5.66. The number of aromatic nitrogens is 2. The van der Waals surface area contributed by atoms with Gasteiger partial charge in [-0.15, -0.1) is 0 Å². The molecule has 0 fully saturated rings. The molecule has 0 radical (unpaired) electrons. The Morgan fingerprint density at radius 3 is 2.94 bits per heavy atom. The Labute approximate surface area is 105 Å². The predicted octanol–water partition coefficient (Wildman–Crippen LogP) is 2.24. The third-order valence-corrected chi connectivity index (χ3v) is 3.30. The summed E-state index contributed by atoms with van der Waals surface area (Å²) in [6.45, 7) is 3.72. The van der Waals surface area contributed by atoms with E-state index in [-0.39, 0.29) is 0 Å². The van der Waals surface area contributed by atoms with Crippen LogP contribution in [0.5, 0.6) is 0 Å². The topological polar surface area (TPSA) is 37.8 Å². The molecule has 0 aromatic carbocycles. The zero-order chi connectivity index (χ0) is 12.5. The molecule has 0 atom stereocenters. The highest BCUT2D eigenvalue weighted by atomic mass is 19.1. The van der Waals surface area contributed by atoms with Gasteiger partial charge in [0, 0.05) is 48.7 Å². The second kappa shape index (κ2) is 4.46. The van der Waals surface area contributed by atoms with Gasteiger partial charge in [0.05, 0.1) is 0 Å². The van der Waals surface area contributed by atoms with E-state index in [0.717, 1.165) is 41.9 Å². The minimum Gasteiger partial charge on any atom is -0.312 e. The van der Waals surface area contributed by atoms with E-state index in [4.69, 9.17) is 0 Å². The summed E-state index contributed by atoms with van der Waals surface area (Å²) in [7, 11) is 0. The summed E-state index contributed by atoms with van der Waals surface area (Å²) in [5.74, 6) is -0.441. The van der Waals surface area contributed by atoms with Crippen LogP contribution < -0.4 is 5.32 Å². The number of hydrogen-bond donors (Lipinski definition) is 1. The standard InChI is InChI=1S/C14H14FN3/c1-9-4-14(15)18-8-12(9)10-5-11-6-16-3-2-13(11)17-7-10/h4-5,7-8,16H,2-3,6H2,1H3. The first-order valence-electron chi connectivity index (χ1n) is 6.05. The van der Waals surface area contributed by atoms with Gasteiger partial charge in [-0.05, 0) is 30.2 Å². The number of rotatable bonds is 1. The first-order valence-corrected chi connectivity index (χ1v) is 6.05. The van der Waals surface area contributed by atoms with Crippen molar-refractivity contribution in [2.45, 2.75) is 19.9 Å². The van der Waals surface area contributed by atoms with Gasteiger partial charge in [0.15, 0.2) is 0 Å². The molecule has 4 heteroatoms. The molecule has 0 amide bonds. The van der Waals surface area contributed by atoms with Crippen LogP contribution in [-0.2, 0) is 13.0 Å². The molecule has 0 unspecified atom stereocenters. The smallest absolute Gasteiger partial charge is 0.213 e. The molecular formula is C14H14FN3. The summed E-state index contributed by atoms with van der Waals surface area (Å²) in [5.41, 5.74) is 5.21. The van der Waals surface area contributed by atoms with Crippen LogP contribution in [0.1, 0.15) is 16.8 Å². The van der Waals surface area contributed by atoms with Crippen molar-refractivity contribution in [1.82, 2.24) is 15.3 Å². The molecule has 0 saturated heterocycles. The average molecular weight is 243 g/mol. The van der Waals surface area contributed by atoms with Gasteiger partial charge in [-0.25, -0.2) is 4.98 Å². The lowest BCUT2D eigenvalue weighted by Crippen LogP contribution is -2.24. The quantitative estimate of drug-likeness (QED) is 0.780. The summed E-state index contributed by atoms with van der Waals surface area (Å²) >= 11 is 0. The van der Waals surface area contributed by atoms with Crippen molar-refractivity contribution < 1.29 is 4.39 Å². The van der Waals surface area contributed by atoms with Crippen LogP contribution in [0.25, 0.3) is 11.1 Å². The number of nitrogens with one attached hydrogen (secondary N) is 1. The van der Waals surface area contributed by atoms with E-state index in [1.54, 1.807) is 6.20 Å². The van der Waals surface area contributed by atoms with Crippen molar-refractivity contribution in [2.75, 3.05) is 6.54 Å². The fourth-order valence-corrected chi connectivity index (χ4v) is 2.32. The monoisotopic (exact) mass is 243 g/mol. The highest BCUT2D eigenvalue weighted by Gasteiger charge is 2.12. The molecule has 2 aromatic heterocycles. The zero-order valence-corrected chi connectivity index (χ0v) is 10.2. The molecule has 18 heavy (non-hydrogen) atoms. The molecule has 0 aliphatic carbocycles. The van der Waals surface area contributed by atoms with Gasteiger partial charge in [0.1, 0.15) is 0 Å². The summed E-state index contributed by atoms with van der Waals surface area (Å²) in [4.78, 5) is 8.22. The molecule has 1 aliphatic rings. The van der Waals surface area contributed by atoms with Crippen LogP contribution in [0.15, 0.2) is 24.5 Å². The number of pyridine rings is 2. The predicted molar refractivity (Wildman–Crippen MR) is 67.6 cm³/mol. The molecule has 0 spiro atoms. The van der Waals surface area contributed by atoms with E-state index in [1.165, 1.54) is 11.6 Å². The third-order valence-electron chi connectivity index (χ3n) is 3.30. The van der Waals surface area contributed by atoms with Crippen LogP contribution >= 0.6 is 0 Å². The zero-order valence-electron chi connectivity index (χ0n) is 10.2. The van der Waals surface area contributed by atoms with Gasteiger partial charge in [-0.3, -0.25) is 4.98 Å². The van der Waals surface area contributed by atoms with E-state index in [9.17, 15) is 4.39 Å². The van der Waals surface area contributed by atoms with Crippen LogP contribution in [0.4, 0.5) is 4.39 Å². The van der Waals surface area contributed by atoms with E-state index < -0.39 is 5.95 Å². The van der Waals surface area contributed by atoms with Gasteiger partial charge < -0.3 is 5.32 Å². The van der Waals surface area contributed by atoms with Crippen molar-refractivity contribution >= 4 is 0 Å². The Morgan fingerprint density at radius 1 is 1.22 bits per heavy atom. The van der Waals surface area contributed by atoms with E-state index in [1.807, 2.05) is 13.1 Å². The number of nitrogens with zero attached hydrogens (tertiary/aromatic N) is 2. The Hall–Kier alpha value is -1.81. The Balaban J connectivity index is 2.06. The van der Waals surface area contributed by atoms with Crippen LogP contribution in [0.3, 0.4) is 0 Å². The molecule has 0 bridgehead atoms. The minimum atomic E-state index is -0.441. The molecule has 1 aliphatic heterocycles. The molecule has 3 rings (SSSR count). The average Bonchev–Trinajstić information content (AvgIpc) is 2.38. The molecule has 2 aromatic rings. The molecule has 3 nitrogen and oxygen atoms in total. The second-order valence-corrected chi connectivity index (χ2v) is 4.58. The van der Waals surface area contributed by atoms with Crippen molar-refractivity contribution in [3.8, 4) is 11.1 Å². The SMILES string of the molecule is Cc1cc(F)ncc1-c1cnc2c(c1)CNCC2. The van der Waals surface area contributed by atoms with Crippen LogP contribution in [-0.4, -0.2) is 16.5 Å². The second-order valence-electron chi connectivity index (χ2n) is 4.58. The lowest BCUT2D eigenvalue weighted by atomic mass is 10.00. The van der Waals surface area contributed by atoms with Gasteiger partial charge >= 0.3 is 0 Å². The minimum absolute atomic E-state index is 0.441. The molecule has 1 N–H and O–H groups in total. The molecular weight excluding hydrogens is 229 g/mol. The Morgan fingerprint density at radius 2 is 2.11 bits per heavy atom. The lowest BCUT2D eigenvalue weighted by Gasteiger charge is -2.17. The summed E-state index contributed by atoms with van der Waals surface area (Å²) in [6.07, 6.45) is 4.40. The van der Waals surface area contributed by atoms with Crippen LogP contribution in [0.2, 0.25) is 0 Å². The first-order chi connectivity index (χ1) is 8.74. The highest BCUT2D eigenvalue weighted by Crippen LogP contribution is 2.25. The Kier molecular flexibility index (Phi) is 2.80. The number of aryl methyl sites for hydroxylation is 1. The molecule has 3 heterocycles. The summed E-state index contributed by atoms with van der Waals surface area (Å²) in [6, 6.07) is 3.57. The van der Waals surface area contributed by atoms with Crippen molar-refractivity contribution in [1.29, 1.82) is 0 Å². The van der Waals surface area contributed by atoms with E-state index in [0.29, 0.717) is 0 Å². The number of fused-ring (bicyclic) bond motifs is 1. The van der Waals surface area contributed by atoms with Crippen molar-refractivity contribution in [3.05, 3.63) is 47.3 Å². The maximum Gasteiger partial charge on any atom is 0.213 e. The maximum absolute atomic E-state index is 13.0. The summed E-state index contributed by atoms with van der Waals surface area (Å²) in [5, 5.41) is 3.33. The van der Waals surface area contributed by atoms with Gasteiger partial charge in [-0.1, -0.05) is 0 Å². The largest absolute Gasteiger partial charge is 0.312 e. The van der Waals surface area contributed by atoms with E-state index >= 15 is 0 Å². The molecule has 0 saturated carbocycles. The number of hydrogen-bond acceptors (Lipinski definition) is 3. The van der Waals surface area contributed by atoms with Crippen LogP contribution in [0, 0.1) is 12.9 Å². The fourth-order valence-electron chi connectivity index (χ4n) is 2.32. The van der Waals surface area contributed by atoms with Crippen molar-refractivity contribution in [2.24, 2.45) is 0 Å². The van der Waals surface area contributed by atoms with Gasteiger partial charge in [0.25, 0.3) is 0 Å².